The molecule has 0 saturated carbocycles. The first-order valence-electron chi connectivity index (χ1n) is 10.1. The van der Waals surface area contributed by atoms with E-state index in [1.165, 1.54) is 25.0 Å². The Hall–Kier alpha value is -2.38. The van der Waals surface area contributed by atoms with Crippen molar-refractivity contribution in [3.8, 4) is 0 Å². The molecule has 1 amide bonds. The first-order valence-corrected chi connectivity index (χ1v) is 11.6. The number of sulfonamides is 1. The van der Waals surface area contributed by atoms with Gasteiger partial charge in [0.25, 0.3) is 15.9 Å². The van der Waals surface area contributed by atoms with E-state index in [2.05, 4.69) is 21.9 Å². The van der Waals surface area contributed by atoms with Crippen molar-refractivity contribution in [2.24, 2.45) is 5.92 Å². The topological polar surface area (TPSA) is 78.5 Å². The number of benzene rings is 2. The lowest BCUT2D eigenvalue weighted by Crippen LogP contribution is -2.35. The monoisotopic (exact) mass is 415 g/mol. The van der Waals surface area contributed by atoms with Crippen LogP contribution in [0.4, 0.5) is 5.69 Å². The van der Waals surface area contributed by atoms with Crippen LogP contribution in [-0.4, -0.2) is 45.4 Å². The number of nitrogens with zero attached hydrogens (tertiary/aromatic N) is 1. The minimum Gasteiger partial charge on any atom is -0.352 e. The maximum atomic E-state index is 12.4. The van der Waals surface area contributed by atoms with E-state index in [1.807, 2.05) is 0 Å². The van der Waals surface area contributed by atoms with E-state index < -0.39 is 10.0 Å². The van der Waals surface area contributed by atoms with Gasteiger partial charge in [-0.25, -0.2) is 8.42 Å². The summed E-state index contributed by atoms with van der Waals surface area (Å²) in [4.78, 5) is 15.1. The molecule has 1 heterocycles. The normalized spacial score (nSPS) is 15.8. The second-order valence-corrected chi connectivity index (χ2v) is 9.32. The molecule has 2 N–H and O–H groups in total. The standard InChI is InChI=1S/C22H29N3O3S/c1-18-11-15-25(16-12-18)14-6-13-23-22(26)19-7-5-8-20(17-19)24-29(27,28)21-9-3-2-4-10-21/h2-5,7-10,17-18,24H,6,11-16H2,1H3,(H,23,26). The summed E-state index contributed by atoms with van der Waals surface area (Å²) in [5, 5.41) is 2.93. The highest BCUT2D eigenvalue weighted by atomic mass is 32.2. The van der Waals surface area contributed by atoms with Crippen LogP contribution in [0.15, 0.2) is 59.5 Å². The quantitative estimate of drug-likeness (QED) is 0.648. The minimum atomic E-state index is -3.68. The molecular formula is C22H29N3O3S. The average molecular weight is 416 g/mol. The van der Waals surface area contributed by atoms with Gasteiger partial charge in [0.2, 0.25) is 0 Å². The Balaban J connectivity index is 1.50. The van der Waals surface area contributed by atoms with Crippen molar-refractivity contribution in [1.29, 1.82) is 0 Å². The molecule has 156 valence electrons. The fourth-order valence-corrected chi connectivity index (χ4v) is 4.50. The second kappa shape index (κ2) is 9.89. The summed E-state index contributed by atoms with van der Waals surface area (Å²) in [6.07, 6.45) is 3.40. The first kappa shape index (κ1) is 21.3. The molecule has 0 bridgehead atoms. The van der Waals surface area contributed by atoms with Crippen molar-refractivity contribution in [2.45, 2.75) is 31.1 Å². The van der Waals surface area contributed by atoms with Crippen LogP contribution >= 0.6 is 0 Å². The van der Waals surface area contributed by atoms with Gasteiger partial charge >= 0.3 is 0 Å². The van der Waals surface area contributed by atoms with Crippen molar-refractivity contribution in [1.82, 2.24) is 10.2 Å². The Morgan fingerprint density at radius 3 is 2.52 bits per heavy atom. The smallest absolute Gasteiger partial charge is 0.261 e. The number of hydrogen-bond acceptors (Lipinski definition) is 4. The molecule has 1 aliphatic heterocycles. The zero-order valence-corrected chi connectivity index (χ0v) is 17.6. The zero-order valence-electron chi connectivity index (χ0n) is 16.8. The summed E-state index contributed by atoms with van der Waals surface area (Å²) in [5.74, 6) is 0.621. The zero-order chi connectivity index (χ0) is 20.7. The predicted molar refractivity (Wildman–Crippen MR) is 115 cm³/mol. The van der Waals surface area contributed by atoms with Crippen LogP contribution in [0, 0.1) is 5.92 Å². The third-order valence-electron chi connectivity index (χ3n) is 5.24. The third kappa shape index (κ3) is 6.30. The van der Waals surface area contributed by atoms with Gasteiger partial charge in [-0.3, -0.25) is 9.52 Å². The lowest BCUT2D eigenvalue weighted by atomic mass is 9.99. The Bertz CT molecular complexity index is 908. The van der Waals surface area contributed by atoms with Gasteiger partial charge in [-0.1, -0.05) is 31.2 Å². The molecule has 1 saturated heterocycles. The molecule has 0 unspecified atom stereocenters. The summed E-state index contributed by atoms with van der Waals surface area (Å²) in [6.45, 7) is 6.16. The Morgan fingerprint density at radius 2 is 1.79 bits per heavy atom. The molecule has 2 aromatic carbocycles. The van der Waals surface area contributed by atoms with Gasteiger partial charge in [0.15, 0.2) is 0 Å². The molecule has 7 heteroatoms. The van der Waals surface area contributed by atoms with Crippen molar-refractivity contribution in [2.75, 3.05) is 30.9 Å². The molecule has 0 atom stereocenters. The Morgan fingerprint density at radius 1 is 1.07 bits per heavy atom. The summed E-state index contributed by atoms with van der Waals surface area (Å²) in [5.41, 5.74) is 0.800. The van der Waals surface area contributed by atoms with Gasteiger partial charge in [0, 0.05) is 17.8 Å². The summed E-state index contributed by atoms with van der Waals surface area (Å²) in [6, 6.07) is 14.7. The minimum absolute atomic E-state index is 0.182. The van der Waals surface area contributed by atoms with Crippen molar-refractivity contribution >= 4 is 21.6 Å². The van der Waals surface area contributed by atoms with Gasteiger partial charge in [-0.15, -0.1) is 0 Å². The molecule has 29 heavy (non-hydrogen) atoms. The van der Waals surface area contributed by atoms with Gasteiger partial charge in [-0.2, -0.15) is 0 Å². The summed E-state index contributed by atoms with van der Waals surface area (Å²) in [7, 11) is -3.68. The SMILES string of the molecule is CC1CCN(CCCNC(=O)c2cccc(NS(=O)(=O)c3ccccc3)c2)CC1. The molecule has 6 nitrogen and oxygen atoms in total. The maximum absolute atomic E-state index is 12.4. The lowest BCUT2D eigenvalue weighted by Gasteiger charge is -2.30. The van der Waals surface area contributed by atoms with Crippen LogP contribution in [0.25, 0.3) is 0 Å². The number of amides is 1. The summed E-state index contributed by atoms with van der Waals surface area (Å²) < 4.78 is 27.4. The van der Waals surface area contributed by atoms with Gasteiger partial charge in [-0.05, 0) is 75.1 Å². The number of hydrogen-bond donors (Lipinski definition) is 2. The number of nitrogens with one attached hydrogen (secondary N) is 2. The van der Waals surface area contributed by atoms with E-state index in [9.17, 15) is 13.2 Å². The van der Waals surface area contributed by atoms with Crippen molar-refractivity contribution < 1.29 is 13.2 Å². The molecule has 0 radical (unpaired) electrons. The molecule has 0 spiro atoms. The molecule has 1 fully saturated rings. The fraction of sp³-hybridized carbons (Fsp3) is 0.409. The summed E-state index contributed by atoms with van der Waals surface area (Å²) >= 11 is 0. The molecular weight excluding hydrogens is 386 g/mol. The fourth-order valence-electron chi connectivity index (χ4n) is 3.43. The number of piperidine rings is 1. The molecule has 1 aliphatic rings. The first-order chi connectivity index (χ1) is 13.9. The van der Waals surface area contributed by atoms with Crippen LogP contribution in [0.1, 0.15) is 36.5 Å². The van der Waals surface area contributed by atoms with E-state index >= 15 is 0 Å². The highest BCUT2D eigenvalue weighted by molar-refractivity contribution is 7.92. The van der Waals surface area contributed by atoms with Gasteiger partial charge in [0.1, 0.15) is 0 Å². The second-order valence-electron chi connectivity index (χ2n) is 7.63. The van der Waals surface area contributed by atoms with E-state index in [0.29, 0.717) is 17.8 Å². The highest BCUT2D eigenvalue weighted by Crippen LogP contribution is 2.17. The third-order valence-corrected chi connectivity index (χ3v) is 6.64. The molecule has 2 aromatic rings. The van der Waals surface area contributed by atoms with E-state index in [-0.39, 0.29) is 10.8 Å². The van der Waals surface area contributed by atoms with E-state index in [0.717, 1.165) is 32.0 Å². The molecule has 0 aromatic heterocycles. The van der Waals surface area contributed by atoms with Crippen LogP contribution < -0.4 is 10.0 Å². The van der Waals surface area contributed by atoms with Crippen LogP contribution in [0.2, 0.25) is 0 Å². The van der Waals surface area contributed by atoms with E-state index in [4.69, 9.17) is 0 Å². The van der Waals surface area contributed by atoms with Crippen LogP contribution in [0.3, 0.4) is 0 Å². The largest absolute Gasteiger partial charge is 0.352 e. The predicted octanol–water partition coefficient (Wildman–Crippen LogP) is 3.34. The van der Waals surface area contributed by atoms with Crippen LogP contribution in [0.5, 0.6) is 0 Å². The highest BCUT2D eigenvalue weighted by Gasteiger charge is 2.16. The number of rotatable bonds is 8. The number of likely N-dealkylation sites (tertiary alicyclic amines) is 1. The molecule has 3 rings (SSSR count). The lowest BCUT2D eigenvalue weighted by molar-refractivity contribution is 0.0950. The number of anilines is 1. The average Bonchev–Trinajstić information content (AvgIpc) is 2.73. The number of carbonyl (C=O) groups excluding carboxylic acids is 1. The Kier molecular flexibility index (Phi) is 7.28. The van der Waals surface area contributed by atoms with Gasteiger partial charge < -0.3 is 10.2 Å². The van der Waals surface area contributed by atoms with E-state index in [1.54, 1.807) is 42.5 Å². The maximum Gasteiger partial charge on any atom is 0.261 e. The van der Waals surface area contributed by atoms with Crippen molar-refractivity contribution in [3.63, 3.8) is 0 Å². The Labute approximate surface area is 173 Å². The van der Waals surface area contributed by atoms with Crippen LogP contribution in [-0.2, 0) is 10.0 Å². The van der Waals surface area contributed by atoms with Crippen molar-refractivity contribution in [3.05, 3.63) is 60.2 Å². The molecule has 0 aliphatic carbocycles. The van der Waals surface area contributed by atoms with Gasteiger partial charge in [0.05, 0.1) is 4.90 Å². The number of carbonyl (C=O) groups is 1.